The number of aliphatic hydroxyl groups is 2. The molecule has 196 valence electrons. The van der Waals surface area contributed by atoms with Crippen LogP contribution in [0.2, 0.25) is 0 Å². The molecule has 5 rings (SSSR count). The Morgan fingerprint density at radius 1 is 0.947 bits per heavy atom. The molecule has 0 aliphatic carbocycles. The second-order valence-electron chi connectivity index (χ2n) is 9.55. The van der Waals surface area contributed by atoms with E-state index in [0.717, 1.165) is 16.7 Å². The third kappa shape index (κ3) is 4.36. The van der Waals surface area contributed by atoms with E-state index in [9.17, 15) is 19.8 Å². The third-order valence-corrected chi connectivity index (χ3v) is 7.35. The van der Waals surface area contributed by atoms with Gasteiger partial charge in [-0.05, 0) is 35.7 Å². The maximum Gasteiger partial charge on any atom is 0.330 e. The highest BCUT2D eigenvalue weighted by molar-refractivity contribution is 5.53. The van der Waals surface area contributed by atoms with Crippen LogP contribution in [0.5, 0.6) is 5.75 Å². The first-order valence-electron chi connectivity index (χ1n) is 12.5. The van der Waals surface area contributed by atoms with Gasteiger partial charge >= 0.3 is 5.69 Å². The summed E-state index contributed by atoms with van der Waals surface area (Å²) in [7, 11) is 1.59. The molecule has 4 atom stereocenters. The average Bonchev–Trinajstić information content (AvgIpc) is 3.33. The molecule has 1 aliphatic rings. The number of hydrogen-bond acceptors (Lipinski definition) is 6. The van der Waals surface area contributed by atoms with Gasteiger partial charge in [0.2, 0.25) is 0 Å². The molecule has 8 nitrogen and oxygen atoms in total. The summed E-state index contributed by atoms with van der Waals surface area (Å²) in [5.74, 6) is 0.670. The molecule has 2 heterocycles. The van der Waals surface area contributed by atoms with Gasteiger partial charge in [-0.25, -0.2) is 4.79 Å². The van der Waals surface area contributed by atoms with Crippen molar-refractivity contribution in [2.24, 2.45) is 0 Å². The highest BCUT2D eigenvalue weighted by Gasteiger charge is 2.52. The summed E-state index contributed by atoms with van der Waals surface area (Å²) in [5, 5.41) is 23.5. The van der Waals surface area contributed by atoms with E-state index in [2.05, 4.69) is 4.98 Å². The van der Waals surface area contributed by atoms with Crippen molar-refractivity contribution < 1.29 is 19.7 Å². The summed E-state index contributed by atoms with van der Waals surface area (Å²) in [6.45, 7) is 1.59. The van der Waals surface area contributed by atoms with Crippen molar-refractivity contribution in [1.82, 2.24) is 9.55 Å². The van der Waals surface area contributed by atoms with E-state index >= 15 is 0 Å². The highest BCUT2D eigenvalue weighted by atomic mass is 16.5. The number of nitrogens with one attached hydrogen (secondary N) is 1. The average molecular weight is 515 g/mol. The van der Waals surface area contributed by atoms with Crippen LogP contribution >= 0.6 is 0 Å². The smallest absolute Gasteiger partial charge is 0.330 e. The van der Waals surface area contributed by atoms with E-state index in [1.807, 2.05) is 84.9 Å². The molecule has 0 bridgehead atoms. The number of aromatic nitrogens is 2. The number of ether oxygens (including phenoxy) is 2. The van der Waals surface area contributed by atoms with Gasteiger partial charge in [0, 0.05) is 18.2 Å². The number of aliphatic hydroxyl groups excluding tert-OH is 2. The number of nitrogens with zero attached hydrogens (tertiary/aromatic N) is 1. The molecule has 1 fully saturated rings. The van der Waals surface area contributed by atoms with Crippen molar-refractivity contribution in [3.63, 3.8) is 0 Å². The number of hydrogen-bond donors (Lipinski definition) is 3. The van der Waals surface area contributed by atoms with Gasteiger partial charge in [-0.3, -0.25) is 14.3 Å². The number of methoxy groups -OCH3 is 1. The first kappa shape index (κ1) is 25.7. The molecule has 3 N–H and O–H groups in total. The van der Waals surface area contributed by atoms with Crippen molar-refractivity contribution in [2.75, 3.05) is 7.11 Å². The van der Waals surface area contributed by atoms with Crippen molar-refractivity contribution in [1.29, 1.82) is 0 Å². The van der Waals surface area contributed by atoms with Crippen LogP contribution in [0.4, 0.5) is 0 Å². The van der Waals surface area contributed by atoms with Crippen LogP contribution < -0.4 is 16.0 Å². The first-order chi connectivity index (χ1) is 18.4. The van der Waals surface area contributed by atoms with Crippen molar-refractivity contribution in [3.8, 4) is 5.75 Å². The Labute approximate surface area is 219 Å². The number of rotatable bonds is 7. The lowest BCUT2D eigenvalue weighted by molar-refractivity contribution is -0.0976. The normalized spacial score (nSPS) is 20.3. The lowest BCUT2D eigenvalue weighted by Gasteiger charge is -2.42. The fourth-order valence-electron chi connectivity index (χ4n) is 5.45. The molecule has 38 heavy (non-hydrogen) atoms. The van der Waals surface area contributed by atoms with Crippen LogP contribution in [0.3, 0.4) is 0 Å². The minimum atomic E-state index is -1.26. The number of H-pyrrole nitrogens is 1. The maximum absolute atomic E-state index is 12.6. The summed E-state index contributed by atoms with van der Waals surface area (Å²) in [4.78, 5) is 26.7. The minimum absolute atomic E-state index is 0.0649. The second kappa shape index (κ2) is 10.4. The van der Waals surface area contributed by atoms with Gasteiger partial charge in [-0.1, -0.05) is 72.8 Å². The minimum Gasteiger partial charge on any atom is -0.497 e. The molecule has 1 saturated heterocycles. The summed E-state index contributed by atoms with van der Waals surface area (Å²) in [6.07, 6.45) is -2.79. The zero-order valence-electron chi connectivity index (χ0n) is 21.2. The SMILES string of the molecule is COc1ccc(C(c2ccccc2)(c2ccccc2)C(O)[C@H]2O[C@@H](n3cc(C)c(=O)[nH]c3=O)C[C@@H]2O)cc1. The van der Waals surface area contributed by atoms with Crippen molar-refractivity contribution in [3.05, 3.63) is 134 Å². The maximum atomic E-state index is 12.6. The molecular weight excluding hydrogens is 484 g/mol. The zero-order chi connectivity index (χ0) is 26.9. The summed E-state index contributed by atoms with van der Waals surface area (Å²) in [6, 6.07) is 26.6. The lowest BCUT2D eigenvalue weighted by Crippen LogP contribution is -2.51. The molecule has 0 radical (unpaired) electrons. The standard InChI is InChI=1S/C30H30N2O6/c1-19-18-32(29(36)31-28(19)35)25-17-24(33)26(38-25)27(34)30(20-9-5-3-6-10-20,21-11-7-4-8-12-21)22-13-15-23(37-2)16-14-22/h3-16,18,24-27,33-34H,17H2,1-2H3,(H,31,35,36)/t24-,25+,26-,27?/m0/s1. The Morgan fingerprint density at radius 3 is 2.05 bits per heavy atom. The fraction of sp³-hybridized carbons (Fsp3) is 0.267. The van der Waals surface area contributed by atoms with Gasteiger partial charge < -0.3 is 19.7 Å². The Kier molecular flexibility index (Phi) is 7.03. The van der Waals surface area contributed by atoms with Crippen LogP contribution in [-0.4, -0.2) is 45.2 Å². The Hall–Kier alpha value is -3.98. The monoisotopic (exact) mass is 514 g/mol. The topological polar surface area (TPSA) is 114 Å². The van der Waals surface area contributed by atoms with Gasteiger partial charge in [0.15, 0.2) is 0 Å². The van der Waals surface area contributed by atoms with Gasteiger partial charge in [0.1, 0.15) is 24.2 Å². The van der Waals surface area contributed by atoms with Gasteiger partial charge in [-0.15, -0.1) is 0 Å². The largest absolute Gasteiger partial charge is 0.497 e. The van der Waals surface area contributed by atoms with Crippen LogP contribution in [0.1, 0.15) is 34.9 Å². The van der Waals surface area contributed by atoms with E-state index < -0.39 is 41.2 Å². The number of aryl methyl sites for hydroxylation is 1. The summed E-state index contributed by atoms with van der Waals surface area (Å²) >= 11 is 0. The predicted molar refractivity (Wildman–Crippen MR) is 142 cm³/mol. The van der Waals surface area contributed by atoms with Crippen LogP contribution in [0.15, 0.2) is 101 Å². The van der Waals surface area contributed by atoms with Gasteiger partial charge in [0.05, 0.1) is 18.6 Å². The molecule has 1 aromatic heterocycles. The Balaban J connectivity index is 1.67. The molecule has 1 unspecified atom stereocenters. The first-order valence-corrected chi connectivity index (χ1v) is 12.5. The molecule has 0 amide bonds. The van der Waals surface area contributed by atoms with Crippen molar-refractivity contribution >= 4 is 0 Å². The van der Waals surface area contributed by atoms with E-state index in [1.54, 1.807) is 14.0 Å². The van der Waals surface area contributed by atoms with Crippen LogP contribution in [0.25, 0.3) is 0 Å². The molecular formula is C30H30N2O6. The number of aromatic amines is 1. The lowest BCUT2D eigenvalue weighted by atomic mass is 9.64. The van der Waals surface area contributed by atoms with E-state index in [4.69, 9.17) is 9.47 Å². The second-order valence-corrected chi connectivity index (χ2v) is 9.55. The summed E-state index contributed by atoms with van der Waals surface area (Å²) in [5.41, 5.74) is 0.475. The van der Waals surface area contributed by atoms with E-state index in [-0.39, 0.29) is 6.42 Å². The molecule has 1 aliphatic heterocycles. The Morgan fingerprint density at radius 2 is 1.50 bits per heavy atom. The fourth-order valence-corrected chi connectivity index (χ4v) is 5.45. The van der Waals surface area contributed by atoms with Crippen LogP contribution in [-0.2, 0) is 10.2 Å². The summed E-state index contributed by atoms with van der Waals surface area (Å²) < 4.78 is 12.9. The van der Waals surface area contributed by atoms with Gasteiger partial charge in [-0.2, -0.15) is 0 Å². The quantitative estimate of drug-likeness (QED) is 0.327. The zero-order valence-corrected chi connectivity index (χ0v) is 21.2. The van der Waals surface area contributed by atoms with E-state index in [1.165, 1.54) is 10.8 Å². The molecule has 3 aromatic carbocycles. The number of benzene rings is 3. The van der Waals surface area contributed by atoms with E-state index in [0.29, 0.717) is 11.3 Å². The molecule has 0 saturated carbocycles. The predicted octanol–water partition coefficient (Wildman–Crippen LogP) is 2.90. The molecule has 4 aromatic rings. The highest BCUT2D eigenvalue weighted by Crippen LogP contribution is 2.46. The van der Waals surface area contributed by atoms with Crippen molar-refractivity contribution in [2.45, 2.75) is 43.3 Å². The van der Waals surface area contributed by atoms with Gasteiger partial charge in [0.25, 0.3) is 5.56 Å². The molecule has 0 spiro atoms. The van der Waals surface area contributed by atoms with Crippen LogP contribution in [0, 0.1) is 6.92 Å². The Bertz CT molecular complexity index is 1460. The molecule has 8 heteroatoms. The third-order valence-electron chi connectivity index (χ3n) is 7.35.